The first-order valence-corrected chi connectivity index (χ1v) is 6.68. The van der Waals surface area contributed by atoms with Crippen molar-refractivity contribution < 1.29 is 13.2 Å². The van der Waals surface area contributed by atoms with Crippen LogP contribution in [0.25, 0.3) is 0 Å². The Labute approximate surface area is 90.9 Å². The summed E-state index contributed by atoms with van der Waals surface area (Å²) in [6.45, 7) is 7.47. The van der Waals surface area contributed by atoms with E-state index in [1.165, 1.54) is 6.08 Å². The highest BCUT2D eigenvalue weighted by Crippen LogP contribution is 2.21. The zero-order chi connectivity index (χ0) is 11.6. The summed E-state index contributed by atoms with van der Waals surface area (Å²) in [5.41, 5.74) is 0. The third kappa shape index (κ3) is 2.22. The van der Waals surface area contributed by atoms with Gasteiger partial charge in [0.2, 0.25) is 5.91 Å². The molecule has 0 radical (unpaired) electrons. The molecule has 0 aliphatic carbocycles. The molecule has 1 aliphatic heterocycles. The standard InChI is InChI=1S/C10H17NO3S/c1-4-9-7-11(10(12)5-2)6-8(3)15(9,13)14/h5,8-9H,2,4,6-7H2,1,3H3. The number of hydrogen-bond donors (Lipinski definition) is 0. The molecule has 2 unspecified atom stereocenters. The minimum absolute atomic E-state index is 0.185. The lowest BCUT2D eigenvalue weighted by Crippen LogP contribution is -2.52. The Hall–Kier alpha value is -0.840. The third-order valence-electron chi connectivity index (χ3n) is 2.87. The second-order valence-corrected chi connectivity index (χ2v) is 6.53. The Bertz CT molecular complexity index is 361. The fourth-order valence-electron chi connectivity index (χ4n) is 1.84. The number of amides is 1. The zero-order valence-electron chi connectivity index (χ0n) is 9.14. The molecule has 0 saturated carbocycles. The number of hydrogen-bond acceptors (Lipinski definition) is 3. The Balaban J connectivity index is 2.90. The van der Waals surface area contributed by atoms with Gasteiger partial charge in [0, 0.05) is 13.1 Å². The van der Waals surface area contributed by atoms with Crippen LogP contribution in [0.4, 0.5) is 0 Å². The molecule has 2 atom stereocenters. The van der Waals surface area contributed by atoms with Crippen molar-refractivity contribution in [3.8, 4) is 0 Å². The van der Waals surface area contributed by atoms with Gasteiger partial charge < -0.3 is 4.90 Å². The van der Waals surface area contributed by atoms with Crippen LogP contribution in [0, 0.1) is 0 Å². The van der Waals surface area contributed by atoms with E-state index >= 15 is 0 Å². The molecule has 1 rings (SSSR count). The monoisotopic (exact) mass is 231 g/mol. The van der Waals surface area contributed by atoms with Crippen LogP contribution in [0.1, 0.15) is 20.3 Å². The van der Waals surface area contributed by atoms with E-state index in [0.717, 1.165) is 0 Å². The lowest BCUT2D eigenvalue weighted by atomic mass is 10.2. The molecule has 0 N–H and O–H groups in total. The normalized spacial score (nSPS) is 29.9. The lowest BCUT2D eigenvalue weighted by molar-refractivity contribution is -0.126. The van der Waals surface area contributed by atoms with Crippen molar-refractivity contribution in [2.24, 2.45) is 0 Å². The second kappa shape index (κ2) is 4.35. The van der Waals surface area contributed by atoms with Gasteiger partial charge in [0.05, 0.1) is 10.5 Å². The summed E-state index contributed by atoms with van der Waals surface area (Å²) in [5, 5.41) is -0.898. The van der Waals surface area contributed by atoms with Crippen LogP contribution < -0.4 is 0 Å². The molecule has 0 bridgehead atoms. The van der Waals surface area contributed by atoms with Gasteiger partial charge in [0.1, 0.15) is 0 Å². The average Bonchev–Trinajstić information content (AvgIpc) is 2.20. The Morgan fingerprint density at radius 1 is 1.53 bits per heavy atom. The van der Waals surface area contributed by atoms with Gasteiger partial charge in [-0.3, -0.25) is 4.79 Å². The molecule has 1 heterocycles. The minimum atomic E-state index is -3.06. The molecule has 0 aromatic rings. The third-order valence-corrected chi connectivity index (χ3v) is 5.55. The average molecular weight is 231 g/mol. The lowest BCUT2D eigenvalue weighted by Gasteiger charge is -2.35. The Kier molecular flexibility index (Phi) is 3.54. The van der Waals surface area contributed by atoms with E-state index in [-0.39, 0.29) is 12.5 Å². The number of sulfone groups is 1. The fraction of sp³-hybridized carbons (Fsp3) is 0.700. The number of carbonyl (C=O) groups excluding carboxylic acids is 1. The predicted octanol–water partition coefficient (Wildman–Crippen LogP) is 0.597. The van der Waals surface area contributed by atoms with E-state index in [1.54, 1.807) is 11.8 Å². The molecule has 5 heteroatoms. The molecular weight excluding hydrogens is 214 g/mol. The van der Waals surface area contributed by atoms with Gasteiger partial charge in [-0.2, -0.15) is 0 Å². The molecule has 1 saturated heterocycles. The van der Waals surface area contributed by atoms with Gasteiger partial charge in [-0.05, 0) is 19.4 Å². The van der Waals surface area contributed by atoms with E-state index < -0.39 is 20.3 Å². The molecule has 0 aromatic heterocycles. The smallest absolute Gasteiger partial charge is 0.246 e. The van der Waals surface area contributed by atoms with Crippen LogP contribution in [-0.4, -0.2) is 42.8 Å². The largest absolute Gasteiger partial charge is 0.337 e. The van der Waals surface area contributed by atoms with Gasteiger partial charge in [-0.1, -0.05) is 13.5 Å². The topological polar surface area (TPSA) is 54.5 Å². The fourth-order valence-corrected chi connectivity index (χ4v) is 3.73. The summed E-state index contributed by atoms with van der Waals surface area (Å²) in [7, 11) is -3.06. The highest BCUT2D eigenvalue weighted by Gasteiger charge is 2.38. The summed E-state index contributed by atoms with van der Waals surface area (Å²) < 4.78 is 23.7. The first-order valence-electron chi connectivity index (χ1n) is 5.07. The quantitative estimate of drug-likeness (QED) is 0.654. The van der Waals surface area contributed by atoms with Gasteiger partial charge >= 0.3 is 0 Å². The molecule has 1 aliphatic rings. The molecule has 0 spiro atoms. The van der Waals surface area contributed by atoms with Gasteiger partial charge in [0.25, 0.3) is 0 Å². The van der Waals surface area contributed by atoms with Crippen molar-refractivity contribution in [1.82, 2.24) is 4.90 Å². The van der Waals surface area contributed by atoms with Crippen LogP contribution in [-0.2, 0) is 14.6 Å². The SMILES string of the molecule is C=CC(=O)N1CC(C)S(=O)(=O)C(CC)C1. The van der Waals surface area contributed by atoms with Crippen LogP contribution in [0.5, 0.6) is 0 Å². The van der Waals surface area contributed by atoms with Crippen molar-refractivity contribution >= 4 is 15.7 Å². The molecular formula is C10H17NO3S. The summed E-state index contributed by atoms with van der Waals surface area (Å²) >= 11 is 0. The maximum atomic E-state index is 11.8. The van der Waals surface area contributed by atoms with Crippen LogP contribution >= 0.6 is 0 Å². The van der Waals surface area contributed by atoms with E-state index in [4.69, 9.17) is 0 Å². The van der Waals surface area contributed by atoms with Crippen molar-refractivity contribution in [2.75, 3.05) is 13.1 Å². The van der Waals surface area contributed by atoms with Crippen molar-refractivity contribution in [2.45, 2.75) is 30.8 Å². The number of nitrogens with zero attached hydrogens (tertiary/aromatic N) is 1. The molecule has 1 fully saturated rings. The maximum Gasteiger partial charge on any atom is 0.246 e. The van der Waals surface area contributed by atoms with Crippen LogP contribution in [0.2, 0.25) is 0 Å². The summed E-state index contributed by atoms with van der Waals surface area (Å²) in [5.74, 6) is -0.185. The molecule has 4 nitrogen and oxygen atoms in total. The predicted molar refractivity (Wildman–Crippen MR) is 59.2 cm³/mol. The number of carbonyl (C=O) groups is 1. The van der Waals surface area contributed by atoms with Crippen molar-refractivity contribution in [3.63, 3.8) is 0 Å². The molecule has 0 aromatic carbocycles. The van der Waals surface area contributed by atoms with Crippen molar-refractivity contribution in [3.05, 3.63) is 12.7 Å². The first-order chi connectivity index (χ1) is 6.93. The number of rotatable bonds is 2. The molecule has 86 valence electrons. The Morgan fingerprint density at radius 3 is 2.60 bits per heavy atom. The minimum Gasteiger partial charge on any atom is -0.337 e. The summed E-state index contributed by atoms with van der Waals surface area (Å²) in [6.07, 6.45) is 1.78. The first kappa shape index (κ1) is 12.2. The zero-order valence-corrected chi connectivity index (χ0v) is 9.96. The van der Waals surface area contributed by atoms with Crippen LogP contribution in [0.15, 0.2) is 12.7 Å². The van der Waals surface area contributed by atoms with Gasteiger partial charge in [-0.25, -0.2) is 8.42 Å². The van der Waals surface area contributed by atoms with E-state index in [1.807, 2.05) is 6.92 Å². The molecule has 15 heavy (non-hydrogen) atoms. The van der Waals surface area contributed by atoms with Crippen molar-refractivity contribution in [1.29, 1.82) is 0 Å². The van der Waals surface area contributed by atoms with E-state index in [9.17, 15) is 13.2 Å². The second-order valence-electron chi connectivity index (χ2n) is 3.88. The van der Waals surface area contributed by atoms with Gasteiger partial charge in [-0.15, -0.1) is 0 Å². The highest BCUT2D eigenvalue weighted by molar-refractivity contribution is 7.92. The Morgan fingerprint density at radius 2 is 2.13 bits per heavy atom. The summed E-state index contributed by atoms with van der Waals surface area (Å²) in [4.78, 5) is 13.0. The van der Waals surface area contributed by atoms with Crippen LogP contribution in [0.3, 0.4) is 0 Å². The van der Waals surface area contributed by atoms with E-state index in [0.29, 0.717) is 13.0 Å². The highest BCUT2D eigenvalue weighted by atomic mass is 32.2. The molecule has 1 amide bonds. The van der Waals surface area contributed by atoms with E-state index in [2.05, 4.69) is 6.58 Å². The summed E-state index contributed by atoms with van der Waals surface area (Å²) in [6, 6.07) is 0. The maximum absolute atomic E-state index is 11.8. The van der Waals surface area contributed by atoms with Gasteiger partial charge in [0.15, 0.2) is 9.84 Å².